The number of ether oxygens (including phenoxy) is 1. The average molecular weight is 355 g/mol. The van der Waals surface area contributed by atoms with Crippen LogP contribution in [-0.2, 0) is 4.74 Å². The van der Waals surface area contributed by atoms with Crippen molar-refractivity contribution in [3.63, 3.8) is 0 Å². The van der Waals surface area contributed by atoms with E-state index < -0.39 is 5.82 Å². The molecule has 114 valence electrons. The summed E-state index contributed by atoms with van der Waals surface area (Å²) >= 11 is 3.32. The molecule has 1 heterocycles. The van der Waals surface area contributed by atoms with Gasteiger partial charge in [-0.3, -0.25) is 4.79 Å². The van der Waals surface area contributed by atoms with Gasteiger partial charge in [0.05, 0.1) is 11.2 Å². The Morgan fingerprint density at radius 1 is 1.29 bits per heavy atom. The summed E-state index contributed by atoms with van der Waals surface area (Å²) in [5.74, 6) is -0.602. The van der Waals surface area contributed by atoms with E-state index in [4.69, 9.17) is 4.74 Å². The Kier molecular flexibility index (Phi) is 4.46. The summed E-state index contributed by atoms with van der Waals surface area (Å²) < 4.78 is 20.7. The SMILES string of the molecule is O=C(c1cc(Br)ccc1F)C1CCOC2(CCCCC2)C1. The van der Waals surface area contributed by atoms with E-state index in [0.29, 0.717) is 13.0 Å². The molecule has 0 aromatic heterocycles. The van der Waals surface area contributed by atoms with Crippen molar-refractivity contribution in [1.82, 2.24) is 0 Å². The molecular weight excluding hydrogens is 335 g/mol. The van der Waals surface area contributed by atoms with Gasteiger partial charge >= 0.3 is 0 Å². The number of carbonyl (C=O) groups excluding carboxylic acids is 1. The van der Waals surface area contributed by atoms with Gasteiger partial charge in [-0.15, -0.1) is 0 Å². The van der Waals surface area contributed by atoms with E-state index in [1.165, 1.54) is 25.3 Å². The standard InChI is InChI=1S/C17H20BrFO2/c18-13-4-5-15(19)14(10-13)16(20)12-6-9-21-17(11-12)7-2-1-3-8-17/h4-5,10,12H,1-3,6-9,11H2. The van der Waals surface area contributed by atoms with Gasteiger partial charge in [0.1, 0.15) is 5.82 Å². The molecule has 21 heavy (non-hydrogen) atoms. The van der Waals surface area contributed by atoms with Crippen molar-refractivity contribution >= 4 is 21.7 Å². The summed E-state index contributed by atoms with van der Waals surface area (Å²) in [6, 6.07) is 4.58. The number of rotatable bonds is 2. The Morgan fingerprint density at radius 3 is 2.81 bits per heavy atom. The maximum Gasteiger partial charge on any atom is 0.169 e. The minimum absolute atomic E-state index is 0.0675. The molecule has 1 aliphatic heterocycles. The Hall–Kier alpha value is -0.740. The molecule has 3 rings (SSSR count). The van der Waals surface area contributed by atoms with Crippen LogP contribution >= 0.6 is 15.9 Å². The number of ketones is 1. The highest BCUT2D eigenvalue weighted by atomic mass is 79.9. The molecule has 1 spiro atoms. The first-order valence-electron chi connectivity index (χ1n) is 7.73. The lowest BCUT2D eigenvalue weighted by atomic mass is 9.74. The van der Waals surface area contributed by atoms with Crippen LogP contribution in [0.1, 0.15) is 55.3 Å². The molecule has 0 amide bonds. The third kappa shape index (κ3) is 3.21. The molecule has 0 radical (unpaired) electrons. The highest BCUT2D eigenvalue weighted by molar-refractivity contribution is 9.10. The third-order valence-electron chi connectivity index (χ3n) is 4.82. The van der Waals surface area contributed by atoms with Gasteiger partial charge in [0, 0.05) is 17.0 Å². The zero-order chi connectivity index (χ0) is 14.9. The van der Waals surface area contributed by atoms with E-state index >= 15 is 0 Å². The van der Waals surface area contributed by atoms with Gasteiger partial charge in [0.15, 0.2) is 5.78 Å². The maximum absolute atomic E-state index is 13.9. The van der Waals surface area contributed by atoms with Crippen LogP contribution in [-0.4, -0.2) is 18.0 Å². The fraction of sp³-hybridized carbons (Fsp3) is 0.588. The predicted molar refractivity (Wildman–Crippen MR) is 82.9 cm³/mol. The zero-order valence-electron chi connectivity index (χ0n) is 12.0. The van der Waals surface area contributed by atoms with Gasteiger partial charge in [0.2, 0.25) is 0 Å². The molecule has 1 atom stereocenters. The van der Waals surface area contributed by atoms with Gasteiger partial charge in [-0.2, -0.15) is 0 Å². The smallest absolute Gasteiger partial charge is 0.169 e. The second-order valence-electron chi connectivity index (χ2n) is 6.27. The monoisotopic (exact) mass is 354 g/mol. The summed E-state index contributed by atoms with van der Waals surface area (Å²) in [6.07, 6.45) is 7.13. The van der Waals surface area contributed by atoms with Crippen LogP contribution in [0.15, 0.2) is 22.7 Å². The molecule has 4 heteroatoms. The van der Waals surface area contributed by atoms with Crippen molar-refractivity contribution in [3.05, 3.63) is 34.1 Å². The fourth-order valence-electron chi connectivity index (χ4n) is 3.70. The van der Waals surface area contributed by atoms with Crippen molar-refractivity contribution in [2.45, 2.75) is 50.5 Å². The summed E-state index contributed by atoms with van der Waals surface area (Å²) in [6.45, 7) is 0.617. The molecule has 1 aromatic carbocycles. The molecule has 0 bridgehead atoms. The van der Waals surface area contributed by atoms with E-state index in [-0.39, 0.29) is 22.9 Å². The number of hydrogen-bond donors (Lipinski definition) is 0. The normalized spacial score (nSPS) is 25.0. The quantitative estimate of drug-likeness (QED) is 0.706. The van der Waals surface area contributed by atoms with Crippen molar-refractivity contribution in [2.75, 3.05) is 6.61 Å². The first kappa shape index (κ1) is 15.2. The molecule has 1 unspecified atom stereocenters. The Bertz CT molecular complexity index is 532. The Balaban J connectivity index is 1.79. The zero-order valence-corrected chi connectivity index (χ0v) is 13.6. The molecular formula is C17H20BrFO2. The molecule has 1 aliphatic carbocycles. The molecule has 1 saturated heterocycles. The van der Waals surface area contributed by atoms with E-state index in [0.717, 1.165) is 23.7 Å². The third-order valence-corrected chi connectivity index (χ3v) is 5.32. The molecule has 1 aromatic rings. The Morgan fingerprint density at radius 2 is 2.05 bits per heavy atom. The largest absolute Gasteiger partial charge is 0.375 e. The van der Waals surface area contributed by atoms with Gasteiger partial charge in [-0.05, 0) is 43.9 Å². The molecule has 1 saturated carbocycles. The number of halogens is 2. The highest BCUT2D eigenvalue weighted by Crippen LogP contribution is 2.41. The van der Waals surface area contributed by atoms with Gasteiger partial charge in [0.25, 0.3) is 0 Å². The molecule has 2 nitrogen and oxygen atoms in total. The van der Waals surface area contributed by atoms with Crippen LogP contribution in [0.5, 0.6) is 0 Å². The first-order valence-corrected chi connectivity index (χ1v) is 8.52. The molecule has 2 aliphatic rings. The second kappa shape index (κ2) is 6.17. The molecule has 0 N–H and O–H groups in total. The van der Waals surface area contributed by atoms with Crippen molar-refractivity contribution in [1.29, 1.82) is 0 Å². The summed E-state index contributed by atoms with van der Waals surface area (Å²) in [5.41, 5.74) is 0.0847. The van der Waals surface area contributed by atoms with Gasteiger partial charge < -0.3 is 4.74 Å². The average Bonchev–Trinajstić information content (AvgIpc) is 2.50. The van der Waals surface area contributed by atoms with Crippen LogP contribution in [0.25, 0.3) is 0 Å². The first-order chi connectivity index (χ1) is 10.1. The van der Waals surface area contributed by atoms with Crippen molar-refractivity contribution in [3.8, 4) is 0 Å². The van der Waals surface area contributed by atoms with E-state index in [9.17, 15) is 9.18 Å². The van der Waals surface area contributed by atoms with Crippen LogP contribution in [0.4, 0.5) is 4.39 Å². The van der Waals surface area contributed by atoms with Crippen molar-refractivity contribution < 1.29 is 13.9 Å². The number of carbonyl (C=O) groups is 1. The number of benzene rings is 1. The second-order valence-corrected chi connectivity index (χ2v) is 7.19. The maximum atomic E-state index is 13.9. The summed E-state index contributed by atoms with van der Waals surface area (Å²) in [7, 11) is 0. The van der Waals surface area contributed by atoms with E-state index in [2.05, 4.69) is 15.9 Å². The van der Waals surface area contributed by atoms with Crippen LogP contribution in [0.2, 0.25) is 0 Å². The van der Waals surface area contributed by atoms with Crippen molar-refractivity contribution in [2.24, 2.45) is 5.92 Å². The topological polar surface area (TPSA) is 26.3 Å². The lowest BCUT2D eigenvalue weighted by Gasteiger charge is -2.43. The summed E-state index contributed by atoms with van der Waals surface area (Å²) in [4.78, 5) is 12.7. The van der Waals surface area contributed by atoms with Crippen LogP contribution in [0.3, 0.4) is 0 Å². The van der Waals surface area contributed by atoms with Crippen LogP contribution < -0.4 is 0 Å². The minimum atomic E-state index is -0.424. The summed E-state index contributed by atoms with van der Waals surface area (Å²) in [5, 5.41) is 0. The van der Waals surface area contributed by atoms with Gasteiger partial charge in [-0.1, -0.05) is 35.2 Å². The molecule has 2 fully saturated rings. The van der Waals surface area contributed by atoms with Crippen LogP contribution in [0, 0.1) is 11.7 Å². The Labute approximate surface area is 133 Å². The highest BCUT2D eigenvalue weighted by Gasteiger charge is 2.41. The van der Waals surface area contributed by atoms with E-state index in [1.807, 2.05) is 0 Å². The fourth-order valence-corrected chi connectivity index (χ4v) is 4.06. The minimum Gasteiger partial charge on any atom is -0.375 e. The lowest BCUT2D eigenvalue weighted by molar-refractivity contribution is -0.111. The van der Waals surface area contributed by atoms with E-state index in [1.54, 1.807) is 12.1 Å². The predicted octanol–water partition coefficient (Wildman–Crippen LogP) is 4.90. The number of Topliss-reactive ketones (excluding diaryl/α,β-unsaturated/α-hetero) is 1. The number of hydrogen-bond acceptors (Lipinski definition) is 2. The van der Waals surface area contributed by atoms with Gasteiger partial charge in [-0.25, -0.2) is 4.39 Å². The lowest BCUT2D eigenvalue weighted by Crippen LogP contribution is -2.43.